The van der Waals surface area contributed by atoms with Gasteiger partial charge in [-0.25, -0.2) is 0 Å². The molecular weight excluding hydrogens is 255 g/mol. The van der Waals surface area contributed by atoms with Crippen molar-refractivity contribution in [3.63, 3.8) is 0 Å². The molecule has 0 aromatic rings. The maximum absolute atomic E-state index is 10.3. The van der Waals surface area contributed by atoms with Crippen molar-refractivity contribution in [3.8, 4) is 0 Å². The van der Waals surface area contributed by atoms with Gasteiger partial charge in [-0.05, 0) is 27.7 Å². The minimum atomic E-state index is -0.854. The third-order valence-corrected chi connectivity index (χ3v) is 2.70. The monoisotopic (exact) mass is 272 g/mol. The molecule has 0 unspecified atom stereocenters. The molecule has 0 aromatic carbocycles. The summed E-state index contributed by atoms with van der Waals surface area (Å²) in [5, 5.41) is 8.36. The Balaban J connectivity index is 0. The number of esters is 1. The van der Waals surface area contributed by atoms with Crippen molar-refractivity contribution < 1.29 is 19.4 Å². The SMILES string of the molecule is CC(C)(CCl)C(=O)O.CC1(C)COC1=O.Cl. The predicted molar refractivity (Wildman–Crippen MR) is 64.1 cm³/mol. The van der Waals surface area contributed by atoms with E-state index in [1.54, 1.807) is 13.8 Å². The fourth-order valence-electron chi connectivity index (χ4n) is 0.477. The van der Waals surface area contributed by atoms with Crippen LogP contribution in [0.25, 0.3) is 0 Å². The van der Waals surface area contributed by atoms with Gasteiger partial charge in [0, 0.05) is 5.88 Å². The number of halogens is 2. The Labute approximate surface area is 107 Å². The highest BCUT2D eigenvalue weighted by molar-refractivity contribution is 6.19. The van der Waals surface area contributed by atoms with E-state index in [2.05, 4.69) is 4.74 Å². The predicted octanol–water partition coefficient (Wildman–Crippen LogP) is 2.33. The smallest absolute Gasteiger partial charge is 0.315 e. The van der Waals surface area contributed by atoms with Gasteiger partial charge in [0.15, 0.2) is 0 Å². The number of hydrogen-bond donors (Lipinski definition) is 1. The van der Waals surface area contributed by atoms with Crippen LogP contribution in [0.2, 0.25) is 0 Å². The van der Waals surface area contributed by atoms with E-state index in [1.807, 2.05) is 13.8 Å². The molecule has 0 aliphatic carbocycles. The highest BCUT2D eigenvalue weighted by atomic mass is 35.5. The normalized spacial score (nSPS) is 16.9. The summed E-state index contributed by atoms with van der Waals surface area (Å²) in [4.78, 5) is 20.5. The quantitative estimate of drug-likeness (QED) is 0.619. The summed E-state index contributed by atoms with van der Waals surface area (Å²) in [5.74, 6) is -0.775. The lowest BCUT2D eigenvalue weighted by molar-refractivity contribution is -0.180. The Morgan fingerprint density at radius 3 is 1.94 bits per heavy atom. The average molecular weight is 273 g/mol. The molecule has 0 saturated carbocycles. The second-order valence-corrected chi connectivity index (χ2v) is 5.05. The van der Waals surface area contributed by atoms with Crippen molar-refractivity contribution in [2.45, 2.75) is 27.7 Å². The first-order chi connectivity index (χ1) is 6.63. The van der Waals surface area contributed by atoms with Gasteiger partial charge in [0.05, 0.1) is 10.8 Å². The fourth-order valence-corrected chi connectivity index (χ4v) is 0.591. The Bertz CT molecular complexity index is 262. The van der Waals surface area contributed by atoms with E-state index in [0.29, 0.717) is 6.61 Å². The average Bonchev–Trinajstić information content (AvgIpc) is 2.16. The van der Waals surface area contributed by atoms with E-state index in [-0.39, 0.29) is 29.7 Å². The number of rotatable bonds is 2. The lowest BCUT2D eigenvalue weighted by atomic mass is 9.91. The van der Waals surface area contributed by atoms with Crippen LogP contribution in [0.4, 0.5) is 0 Å². The Morgan fingerprint density at radius 2 is 1.94 bits per heavy atom. The third-order valence-electron chi connectivity index (χ3n) is 2.03. The number of ether oxygens (including phenoxy) is 1. The van der Waals surface area contributed by atoms with Crippen molar-refractivity contribution >= 4 is 35.9 Å². The Morgan fingerprint density at radius 1 is 1.56 bits per heavy atom. The van der Waals surface area contributed by atoms with Crippen molar-refractivity contribution in [2.24, 2.45) is 10.8 Å². The molecule has 4 nitrogen and oxygen atoms in total. The molecule has 1 aliphatic rings. The summed E-state index contributed by atoms with van der Waals surface area (Å²) in [7, 11) is 0. The minimum absolute atomic E-state index is 0. The van der Waals surface area contributed by atoms with Crippen molar-refractivity contribution in [1.29, 1.82) is 0 Å². The molecule has 0 aromatic heterocycles. The summed E-state index contributed by atoms with van der Waals surface area (Å²) in [5.41, 5.74) is -0.957. The molecule has 0 atom stereocenters. The van der Waals surface area contributed by atoms with Crippen LogP contribution in [0.15, 0.2) is 0 Å². The molecule has 96 valence electrons. The number of hydrogen-bond acceptors (Lipinski definition) is 3. The third kappa shape index (κ3) is 5.03. The van der Waals surface area contributed by atoms with Crippen LogP contribution in [0.1, 0.15) is 27.7 Å². The molecule has 16 heavy (non-hydrogen) atoms. The first kappa shape index (κ1) is 17.9. The molecule has 1 aliphatic heterocycles. The van der Waals surface area contributed by atoms with Crippen LogP contribution >= 0.6 is 24.0 Å². The number of cyclic esters (lactones) is 1. The van der Waals surface area contributed by atoms with Crippen LogP contribution < -0.4 is 0 Å². The summed E-state index contributed by atoms with van der Waals surface area (Å²) in [6.45, 7) is 7.51. The van der Waals surface area contributed by atoms with E-state index in [9.17, 15) is 9.59 Å². The van der Waals surface area contributed by atoms with E-state index in [1.165, 1.54) is 0 Å². The van der Waals surface area contributed by atoms with Crippen LogP contribution in [0.3, 0.4) is 0 Å². The van der Waals surface area contributed by atoms with E-state index >= 15 is 0 Å². The van der Waals surface area contributed by atoms with E-state index in [4.69, 9.17) is 16.7 Å². The molecule has 6 heteroatoms. The van der Waals surface area contributed by atoms with Crippen molar-refractivity contribution in [1.82, 2.24) is 0 Å². The molecular formula is C10H18Cl2O4. The number of carbonyl (C=O) groups excluding carboxylic acids is 1. The highest BCUT2D eigenvalue weighted by Crippen LogP contribution is 2.26. The second kappa shape index (κ2) is 6.30. The molecule has 1 rings (SSSR count). The van der Waals surface area contributed by atoms with Crippen LogP contribution in [-0.2, 0) is 14.3 Å². The molecule has 1 saturated heterocycles. The molecule has 1 N–H and O–H groups in total. The van der Waals surface area contributed by atoms with E-state index < -0.39 is 11.4 Å². The zero-order valence-electron chi connectivity index (χ0n) is 9.87. The van der Waals surface area contributed by atoms with Gasteiger partial charge in [-0.3, -0.25) is 9.59 Å². The largest absolute Gasteiger partial charge is 0.481 e. The highest BCUT2D eigenvalue weighted by Gasteiger charge is 2.39. The molecule has 0 amide bonds. The lowest BCUT2D eigenvalue weighted by Gasteiger charge is -2.31. The fraction of sp³-hybridized carbons (Fsp3) is 0.800. The lowest BCUT2D eigenvalue weighted by Crippen LogP contribution is -2.42. The van der Waals surface area contributed by atoms with Gasteiger partial charge in [0.2, 0.25) is 0 Å². The van der Waals surface area contributed by atoms with Crippen LogP contribution in [0, 0.1) is 10.8 Å². The van der Waals surface area contributed by atoms with Gasteiger partial charge >= 0.3 is 11.9 Å². The second-order valence-electron chi connectivity index (χ2n) is 4.78. The molecule has 0 spiro atoms. The van der Waals surface area contributed by atoms with Crippen molar-refractivity contribution in [3.05, 3.63) is 0 Å². The Kier molecular flexibility index (Phi) is 7.05. The van der Waals surface area contributed by atoms with Gasteiger partial charge < -0.3 is 9.84 Å². The summed E-state index contributed by atoms with van der Waals surface area (Å²) < 4.78 is 4.51. The van der Waals surface area contributed by atoms with Gasteiger partial charge in [0.1, 0.15) is 6.61 Å². The van der Waals surface area contributed by atoms with Gasteiger partial charge in [0.25, 0.3) is 0 Å². The summed E-state index contributed by atoms with van der Waals surface area (Å²) >= 11 is 5.31. The van der Waals surface area contributed by atoms with Gasteiger partial charge in [-0.1, -0.05) is 0 Å². The minimum Gasteiger partial charge on any atom is -0.481 e. The molecule has 1 fully saturated rings. The van der Waals surface area contributed by atoms with Crippen LogP contribution in [-0.4, -0.2) is 29.5 Å². The zero-order chi connectivity index (χ0) is 12.3. The van der Waals surface area contributed by atoms with Crippen LogP contribution in [0.5, 0.6) is 0 Å². The number of carboxylic acids is 1. The summed E-state index contributed by atoms with van der Waals surface area (Å²) in [6.07, 6.45) is 0. The molecule has 0 radical (unpaired) electrons. The number of carboxylic acid groups (broad SMARTS) is 1. The molecule has 1 heterocycles. The van der Waals surface area contributed by atoms with E-state index in [0.717, 1.165) is 0 Å². The number of carbonyl (C=O) groups is 2. The van der Waals surface area contributed by atoms with Gasteiger partial charge in [-0.15, -0.1) is 24.0 Å². The Hall–Kier alpha value is -0.480. The molecule has 0 bridgehead atoms. The zero-order valence-corrected chi connectivity index (χ0v) is 11.4. The first-order valence-electron chi connectivity index (χ1n) is 4.60. The van der Waals surface area contributed by atoms with Crippen molar-refractivity contribution in [2.75, 3.05) is 12.5 Å². The topological polar surface area (TPSA) is 63.6 Å². The number of alkyl halides is 1. The standard InChI is InChI=1S/C5H9ClO2.C5H8O2.ClH/c1-5(2,3-6)4(7)8;1-5(2)3-7-4(5)6;/h3H2,1-2H3,(H,7,8);3H2,1-2H3;1H. The maximum Gasteiger partial charge on any atom is 0.315 e. The number of aliphatic carboxylic acids is 1. The first-order valence-corrected chi connectivity index (χ1v) is 5.13. The summed E-state index contributed by atoms with van der Waals surface area (Å²) in [6, 6.07) is 0. The van der Waals surface area contributed by atoms with Gasteiger partial charge in [-0.2, -0.15) is 0 Å². The maximum atomic E-state index is 10.3.